The normalized spacial score (nSPS) is 18.2. The lowest BCUT2D eigenvalue weighted by Crippen LogP contribution is -2.47. The van der Waals surface area contributed by atoms with E-state index in [1.165, 1.54) is 0 Å². The minimum atomic E-state index is -0.0233. The molecule has 0 atom stereocenters. The highest BCUT2D eigenvalue weighted by Crippen LogP contribution is 2.23. The summed E-state index contributed by atoms with van der Waals surface area (Å²) in [5, 5.41) is 6.40. The van der Waals surface area contributed by atoms with Gasteiger partial charge in [-0.05, 0) is 43.9 Å². The van der Waals surface area contributed by atoms with Gasteiger partial charge in [0, 0.05) is 44.3 Å². The van der Waals surface area contributed by atoms with Gasteiger partial charge in [-0.15, -0.1) is 0 Å². The number of nitrogens with zero attached hydrogens (tertiary/aromatic N) is 2. The lowest BCUT2D eigenvalue weighted by atomic mass is 9.95. The number of hydrogen-bond acceptors (Lipinski definition) is 3. The van der Waals surface area contributed by atoms with Crippen molar-refractivity contribution >= 4 is 17.6 Å². The second-order valence-electron chi connectivity index (χ2n) is 7.16. The molecule has 2 saturated heterocycles. The molecule has 142 valence electrons. The lowest BCUT2D eigenvalue weighted by Gasteiger charge is -2.34. The van der Waals surface area contributed by atoms with Gasteiger partial charge in [-0.2, -0.15) is 0 Å². The number of likely N-dealkylation sites (tertiary alicyclic amines) is 2. The second-order valence-corrected chi connectivity index (χ2v) is 7.16. The average Bonchev–Trinajstić information content (AvgIpc) is 3.21. The van der Waals surface area contributed by atoms with Gasteiger partial charge in [0.1, 0.15) is 0 Å². The predicted octanol–water partition coefficient (Wildman–Crippen LogP) is 2.66. The summed E-state index contributed by atoms with van der Waals surface area (Å²) < 4.78 is 0. The second kappa shape index (κ2) is 9.03. The van der Waals surface area contributed by atoms with Gasteiger partial charge in [-0.1, -0.05) is 25.1 Å². The van der Waals surface area contributed by atoms with E-state index < -0.39 is 0 Å². The first-order valence-corrected chi connectivity index (χ1v) is 9.82. The Morgan fingerprint density at radius 2 is 1.69 bits per heavy atom. The Balaban J connectivity index is 1.52. The molecule has 0 spiro atoms. The molecule has 2 fully saturated rings. The van der Waals surface area contributed by atoms with E-state index in [9.17, 15) is 9.59 Å². The summed E-state index contributed by atoms with van der Waals surface area (Å²) in [5.41, 5.74) is 1.98. The molecule has 0 unspecified atom stereocenters. The number of carbonyl (C=O) groups excluding carboxylic acids is 2. The molecule has 3 amide bonds. The van der Waals surface area contributed by atoms with Gasteiger partial charge in [-0.25, -0.2) is 4.79 Å². The Kier molecular flexibility index (Phi) is 6.50. The van der Waals surface area contributed by atoms with E-state index in [0.29, 0.717) is 13.1 Å². The molecule has 0 aromatic heterocycles. The molecular weight excluding hydrogens is 328 g/mol. The fourth-order valence-corrected chi connectivity index (χ4v) is 3.73. The summed E-state index contributed by atoms with van der Waals surface area (Å²) in [7, 11) is 0. The van der Waals surface area contributed by atoms with Crippen LogP contribution in [0.15, 0.2) is 24.3 Å². The van der Waals surface area contributed by atoms with Crippen LogP contribution in [0.2, 0.25) is 0 Å². The minimum absolute atomic E-state index is 0.0233. The van der Waals surface area contributed by atoms with E-state index in [1.807, 2.05) is 34.1 Å². The van der Waals surface area contributed by atoms with Crippen molar-refractivity contribution in [3.63, 3.8) is 0 Å². The number of benzene rings is 1. The Morgan fingerprint density at radius 1 is 1.04 bits per heavy atom. The van der Waals surface area contributed by atoms with E-state index >= 15 is 0 Å². The molecule has 0 bridgehead atoms. The van der Waals surface area contributed by atoms with Crippen LogP contribution in [0.3, 0.4) is 0 Å². The first-order chi connectivity index (χ1) is 12.7. The summed E-state index contributed by atoms with van der Waals surface area (Å²) in [6.07, 6.45) is 3.69. The summed E-state index contributed by atoms with van der Waals surface area (Å²) in [4.78, 5) is 29.0. The molecule has 1 aromatic carbocycles. The molecule has 2 N–H and O–H groups in total. The molecule has 3 rings (SSSR count). The van der Waals surface area contributed by atoms with Crippen LogP contribution >= 0.6 is 0 Å². The van der Waals surface area contributed by atoms with Crippen molar-refractivity contribution in [2.75, 3.05) is 38.0 Å². The number of amides is 3. The number of nitrogens with one attached hydrogen (secondary N) is 2. The van der Waals surface area contributed by atoms with Gasteiger partial charge >= 0.3 is 6.03 Å². The Labute approximate surface area is 155 Å². The molecule has 2 heterocycles. The molecule has 0 radical (unpaired) electrons. The van der Waals surface area contributed by atoms with E-state index in [0.717, 1.165) is 63.1 Å². The number of para-hydroxylation sites is 1. The molecule has 0 aliphatic carbocycles. The van der Waals surface area contributed by atoms with Gasteiger partial charge in [-0.3, -0.25) is 4.79 Å². The highest BCUT2D eigenvalue weighted by Gasteiger charge is 2.30. The topological polar surface area (TPSA) is 64.7 Å². The van der Waals surface area contributed by atoms with E-state index in [-0.39, 0.29) is 17.9 Å². The van der Waals surface area contributed by atoms with Gasteiger partial charge in [0.05, 0.1) is 0 Å². The molecule has 6 heteroatoms. The first kappa shape index (κ1) is 18.7. The third-order valence-corrected chi connectivity index (χ3v) is 5.35. The number of carbonyl (C=O) groups is 2. The fourth-order valence-electron chi connectivity index (χ4n) is 3.73. The molecule has 2 aliphatic heterocycles. The van der Waals surface area contributed by atoms with E-state index in [4.69, 9.17) is 0 Å². The van der Waals surface area contributed by atoms with E-state index in [2.05, 4.69) is 17.6 Å². The maximum atomic E-state index is 12.7. The van der Waals surface area contributed by atoms with Crippen molar-refractivity contribution < 1.29 is 9.59 Å². The van der Waals surface area contributed by atoms with Gasteiger partial charge < -0.3 is 20.4 Å². The molecule has 2 aliphatic rings. The largest absolute Gasteiger partial charge is 0.326 e. The van der Waals surface area contributed by atoms with Crippen molar-refractivity contribution in [3.05, 3.63) is 29.8 Å². The zero-order valence-electron chi connectivity index (χ0n) is 15.7. The van der Waals surface area contributed by atoms with E-state index in [1.54, 1.807) is 0 Å². The first-order valence-electron chi connectivity index (χ1n) is 9.82. The van der Waals surface area contributed by atoms with Crippen LogP contribution < -0.4 is 10.6 Å². The van der Waals surface area contributed by atoms with Crippen molar-refractivity contribution in [1.82, 2.24) is 15.1 Å². The maximum Gasteiger partial charge on any atom is 0.319 e. The maximum absolute atomic E-state index is 12.7. The number of hydrogen-bond donors (Lipinski definition) is 2. The number of rotatable bonds is 5. The Hall–Kier alpha value is -2.08. The zero-order valence-corrected chi connectivity index (χ0v) is 15.7. The van der Waals surface area contributed by atoms with Crippen LogP contribution in [0.25, 0.3) is 0 Å². The Morgan fingerprint density at radius 3 is 2.38 bits per heavy atom. The van der Waals surface area contributed by atoms with Crippen molar-refractivity contribution in [2.24, 2.45) is 5.92 Å². The average molecular weight is 358 g/mol. The zero-order chi connectivity index (χ0) is 18.4. The van der Waals surface area contributed by atoms with Crippen molar-refractivity contribution in [1.29, 1.82) is 0 Å². The number of piperidine rings is 1. The predicted molar refractivity (Wildman–Crippen MR) is 103 cm³/mol. The monoisotopic (exact) mass is 358 g/mol. The SMILES string of the molecule is CCNCc1ccccc1NC(=O)C1CCN(C(=O)N2CCCC2)CC1. The molecular formula is C20H30N4O2. The molecule has 26 heavy (non-hydrogen) atoms. The fraction of sp³-hybridized carbons (Fsp3) is 0.600. The van der Waals surface area contributed by atoms with Gasteiger partial charge in [0.2, 0.25) is 5.91 Å². The summed E-state index contributed by atoms with van der Waals surface area (Å²) in [6, 6.07) is 8.08. The smallest absolute Gasteiger partial charge is 0.319 e. The summed E-state index contributed by atoms with van der Waals surface area (Å²) in [5.74, 6) is 0.0482. The van der Waals surface area contributed by atoms with Crippen LogP contribution in [0.4, 0.5) is 10.5 Å². The van der Waals surface area contributed by atoms with Crippen LogP contribution in [0, 0.1) is 5.92 Å². The summed E-state index contributed by atoms with van der Waals surface area (Å²) in [6.45, 7) is 6.81. The lowest BCUT2D eigenvalue weighted by molar-refractivity contribution is -0.121. The number of anilines is 1. The van der Waals surface area contributed by atoms with Crippen LogP contribution in [-0.4, -0.2) is 54.5 Å². The van der Waals surface area contributed by atoms with Crippen molar-refractivity contribution in [2.45, 2.75) is 39.2 Å². The van der Waals surface area contributed by atoms with Crippen LogP contribution in [0.1, 0.15) is 38.2 Å². The highest BCUT2D eigenvalue weighted by atomic mass is 16.2. The van der Waals surface area contributed by atoms with Gasteiger partial charge in [0.25, 0.3) is 0 Å². The number of urea groups is 1. The third kappa shape index (κ3) is 4.55. The standard InChI is InChI=1S/C20H30N4O2/c1-2-21-15-17-7-3-4-8-18(17)22-19(25)16-9-13-24(14-10-16)20(26)23-11-5-6-12-23/h3-4,7-8,16,21H,2,5-6,9-15H2,1H3,(H,22,25). The van der Waals surface area contributed by atoms with Gasteiger partial charge in [0.15, 0.2) is 0 Å². The molecule has 6 nitrogen and oxygen atoms in total. The Bertz CT molecular complexity index is 620. The summed E-state index contributed by atoms with van der Waals surface area (Å²) >= 11 is 0. The highest BCUT2D eigenvalue weighted by molar-refractivity contribution is 5.93. The molecule has 1 aromatic rings. The van der Waals surface area contributed by atoms with Crippen LogP contribution in [-0.2, 0) is 11.3 Å². The third-order valence-electron chi connectivity index (χ3n) is 5.35. The van der Waals surface area contributed by atoms with Crippen molar-refractivity contribution in [3.8, 4) is 0 Å². The van der Waals surface area contributed by atoms with Crippen LogP contribution in [0.5, 0.6) is 0 Å². The molecule has 0 saturated carbocycles. The minimum Gasteiger partial charge on any atom is -0.326 e. The quantitative estimate of drug-likeness (QED) is 0.850.